The molecule has 4 rings (SSSR count). The third-order valence-corrected chi connectivity index (χ3v) is 4.82. The van der Waals surface area contributed by atoms with Gasteiger partial charge >= 0.3 is 6.03 Å². The van der Waals surface area contributed by atoms with Crippen LogP contribution in [0.4, 0.5) is 16.3 Å². The summed E-state index contributed by atoms with van der Waals surface area (Å²) in [4.78, 5) is 29.7. The average molecular weight is 393 g/mol. The Hall–Kier alpha value is -3.62. The number of rotatable bonds is 4. The van der Waals surface area contributed by atoms with E-state index in [4.69, 9.17) is 4.74 Å². The molecule has 9 nitrogen and oxygen atoms in total. The Morgan fingerprint density at radius 3 is 2.59 bits per heavy atom. The first-order chi connectivity index (χ1) is 14.1. The second kappa shape index (κ2) is 8.17. The maximum Gasteiger partial charge on any atom is 0.322 e. The minimum absolute atomic E-state index is 0.132. The molecule has 3 aromatic rings. The van der Waals surface area contributed by atoms with E-state index < -0.39 is 0 Å². The molecule has 29 heavy (non-hydrogen) atoms. The monoisotopic (exact) mass is 393 g/mol. The molecular formula is C20H23N7O2. The number of para-hydroxylation sites is 2. The Bertz CT molecular complexity index is 982. The second-order valence-corrected chi connectivity index (χ2v) is 6.71. The Morgan fingerprint density at radius 1 is 1.10 bits per heavy atom. The summed E-state index contributed by atoms with van der Waals surface area (Å²) in [5.74, 6) is 2.97. The quantitative estimate of drug-likeness (QED) is 0.732. The lowest BCUT2D eigenvalue weighted by Crippen LogP contribution is -2.50. The maximum atomic E-state index is 12.6. The highest BCUT2D eigenvalue weighted by Crippen LogP contribution is 2.24. The number of nitrogens with one attached hydrogen (secondary N) is 1. The lowest BCUT2D eigenvalue weighted by atomic mass is 10.3. The largest absolute Gasteiger partial charge is 0.495 e. The molecule has 0 spiro atoms. The van der Waals surface area contributed by atoms with Gasteiger partial charge in [0, 0.05) is 44.6 Å². The van der Waals surface area contributed by atoms with Gasteiger partial charge in [0.05, 0.1) is 12.8 Å². The summed E-state index contributed by atoms with van der Waals surface area (Å²) in [5.41, 5.74) is 0.666. The van der Waals surface area contributed by atoms with Crippen LogP contribution in [-0.2, 0) is 0 Å². The fourth-order valence-corrected chi connectivity index (χ4v) is 3.31. The number of ether oxygens (including phenoxy) is 1. The number of aromatic nitrogens is 4. The summed E-state index contributed by atoms with van der Waals surface area (Å²) < 4.78 is 7.16. The zero-order valence-electron chi connectivity index (χ0n) is 16.4. The Kier molecular flexibility index (Phi) is 5.28. The number of methoxy groups -OCH3 is 1. The van der Waals surface area contributed by atoms with E-state index >= 15 is 0 Å². The molecule has 1 N–H and O–H groups in total. The third-order valence-electron chi connectivity index (χ3n) is 4.82. The number of piperazine rings is 1. The van der Waals surface area contributed by atoms with Gasteiger partial charge in [-0.25, -0.2) is 19.7 Å². The first-order valence-corrected chi connectivity index (χ1v) is 9.42. The van der Waals surface area contributed by atoms with Crippen molar-refractivity contribution in [3.8, 4) is 11.6 Å². The number of hydrogen-bond donors (Lipinski definition) is 1. The molecule has 0 saturated carbocycles. The molecule has 0 unspecified atom stereocenters. The van der Waals surface area contributed by atoms with Crippen molar-refractivity contribution in [3.05, 3.63) is 54.9 Å². The van der Waals surface area contributed by atoms with E-state index in [1.807, 2.05) is 48.0 Å². The molecule has 2 amide bonds. The number of benzene rings is 1. The molecule has 1 aromatic carbocycles. The van der Waals surface area contributed by atoms with Gasteiger partial charge in [0.1, 0.15) is 29.5 Å². The first kappa shape index (κ1) is 18.7. The van der Waals surface area contributed by atoms with E-state index in [2.05, 4.69) is 25.2 Å². The van der Waals surface area contributed by atoms with Crippen molar-refractivity contribution in [1.29, 1.82) is 0 Å². The molecule has 0 bridgehead atoms. The smallest absolute Gasteiger partial charge is 0.322 e. The lowest BCUT2D eigenvalue weighted by Gasteiger charge is -2.35. The molecular weight excluding hydrogens is 370 g/mol. The molecule has 1 fully saturated rings. The van der Waals surface area contributed by atoms with E-state index in [9.17, 15) is 4.79 Å². The van der Waals surface area contributed by atoms with Crippen LogP contribution >= 0.6 is 0 Å². The topological polar surface area (TPSA) is 88.4 Å². The van der Waals surface area contributed by atoms with Gasteiger partial charge in [0.25, 0.3) is 0 Å². The van der Waals surface area contributed by atoms with E-state index in [0.717, 1.165) is 11.6 Å². The molecule has 0 radical (unpaired) electrons. The summed E-state index contributed by atoms with van der Waals surface area (Å²) in [6, 6.07) is 9.20. The van der Waals surface area contributed by atoms with Gasteiger partial charge in [-0.05, 0) is 19.1 Å². The van der Waals surface area contributed by atoms with Crippen molar-refractivity contribution in [2.75, 3.05) is 43.5 Å². The predicted molar refractivity (Wildman–Crippen MR) is 110 cm³/mol. The molecule has 0 atom stereocenters. The number of urea groups is 1. The number of nitrogens with zero attached hydrogens (tertiary/aromatic N) is 6. The summed E-state index contributed by atoms with van der Waals surface area (Å²) in [5, 5.41) is 2.93. The molecule has 1 aliphatic heterocycles. The van der Waals surface area contributed by atoms with E-state index in [1.54, 1.807) is 24.5 Å². The molecule has 9 heteroatoms. The van der Waals surface area contributed by atoms with Crippen LogP contribution < -0.4 is 15.0 Å². The fraction of sp³-hybridized carbons (Fsp3) is 0.300. The van der Waals surface area contributed by atoms with Crippen LogP contribution in [0.25, 0.3) is 5.82 Å². The number of carbonyl (C=O) groups excluding carboxylic acids is 1. The lowest BCUT2D eigenvalue weighted by molar-refractivity contribution is 0.208. The first-order valence-electron chi connectivity index (χ1n) is 9.42. The summed E-state index contributed by atoms with van der Waals surface area (Å²) in [6.07, 6.45) is 5.29. The van der Waals surface area contributed by atoms with E-state index in [1.165, 1.54) is 0 Å². The van der Waals surface area contributed by atoms with Gasteiger partial charge in [-0.2, -0.15) is 0 Å². The molecule has 150 valence electrons. The zero-order chi connectivity index (χ0) is 20.2. The minimum Gasteiger partial charge on any atom is -0.495 e. The SMILES string of the molecule is COc1ccccc1NC(=O)N1CCN(c2cc(-n3ccnc3)nc(C)n2)CC1. The van der Waals surface area contributed by atoms with Gasteiger partial charge in [-0.1, -0.05) is 12.1 Å². The number of imidazole rings is 1. The van der Waals surface area contributed by atoms with Gasteiger partial charge in [0.15, 0.2) is 0 Å². The van der Waals surface area contributed by atoms with E-state index in [-0.39, 0.29) is 6.03 Å². The van der Waals surface area contributed by atoms with Crippen LogP contribution in [0.1, 0.15) is 5.82 Å². The maximum absolute atomic E-state index is 12.6. The van der Waals surface area contributed by atoms with Crippen LogP contribution in [0.3, 0.4) is 0 Å². The van der Waals surface area contributed by atoms with Crippen molar-refractivity contribution >= 4 is 17.5 Å². The number of hydrogen-bond acceptors (Lipinski definition) is 6. The van der Waals surface area contributed by atoms with Crippen molar-refractivity contribution in [2.24, 2.45) is 0 Å². The fourth-order valence-electron chi connectivity index (χ4n) is 3.31. The van der Waals surface area contributed by atoms with Crippen LogP contribution in [0, 0.1) is 6.92 Å². The number of amides is 2. The number of anilines is 2. The van der Waals surface area contributed by atoms with Crippen LogP contribution in [0.5, 0.6) is 5.75 Å². The Morgan fingerprint density at radius 2 is 1.86 bits per heavy atom. The summed E-state index contributed by atoms with van der Waals surface area (Å²) >= 11 is 0. The second-order valence-electron chi connectivity index (χ2n) is 6.71. The van der Waals surface area contributed by atoms with Crippen molar-refractivity contribution in [2.45, 2.75) is 6.92 Å². The highest BCUT2D eigenvalue weighted by molar-refractivity contribution is 5.91. The van der Waals surface area contributed by atoms with Crippen LogP contribution in [-0.4, -0.2) is 63.7 Å². The van der Waals surface area contributed by atoms with Gasteiger partial charge in [0.2, 0.25) is 0 Å². The van der Waals surface area contributed by atoms with Crippen LogP contribution in [0.2, 0.25) is 0 Å². The molecule has 2 aromatic heterocycles. The number of carbonyl (C=O) groups is 1. The standard InChI is InChI=1S/C20H23N7O2/c1-15-22-18(13-19(23-15)27-8-7-21-14-27)25-9-11-26(12-10-25)20(28)24-16-5-3-4-6-17(16)29-2/h3-8,13-14H,9-12H2,1-2H3,(H,24,28). The van der Waals surface area contributed by atoms with E-state index in [0.29, 0.717) is 43.4 Å². The molecule has 1 aliphatic rings. The zero-order valence-corrected chi connectivity index (χ0v) is 16.4. The minimum atomic E-state index is -0.132. The summed E-state index contributed by atoms with van der Waals surface area (Å²) in [7, 11) is 1.59. The van der Waals surface area contributed by atoms with Crippen molar-refractivity contribution in [3.63, 3.8) is 0 Å². The Balaban J connectivity index is 1.41. The predicted octanol–water partition coefficient (Wildman–Crippen LogP) is 2.33. The van der Waals surface area contributed by atoms with Crippen molar-refractivity contribution < 1.29 is 9.53 Å². The normalized spacial score (nSPS) is 14.0. The van der Waals surface area contributed by atoms with Gasteiger partial charge in [-0.3, -0.25) is 4.57 Å². The molecule has 1 saturated heterocycles. The Labute approximate surface area is 169 Å². The van der Waals surface area contributed by atoms with Gasteiger partial charge < -0.3 is 19.9 Å². The third kappa shape index (κ3) is 4.13. The highest BCUT2D eigenvalue weighted by Gasteiger charge is 2.23. The molecule has 0 aliphatic carbocycles. The average Bonchev–Trinajstić information content (AvgIpc) is 3.29. The van der Waals surface area contributed by atoms with Crippen molar-refractivity contribution in [1.82, 2.24) is 24.4 Å². The van der Waals surface area contributed by atoms with Crippen LogP contribution in [0.15, 0.2) is 49.1 Å². The highest BCUT2D eigenvalue weighted by atomic mass is 16.5. The summed E-state index contributed by atoms with van der Waals surface area (Å²) in [6.45, 7) is 4.47. The number of aryl methyl sites for hydroxylation is 1. The molecule has 3 heterocycles. The van der Waals surface area contributed by atoms with Gasteiger partial charge in [-0.15, -0.1) is 0 Å².